The molecule has 1 aliphatic rings. The van der Waals surface area contributed by atoms with E-state index in [2.05, 4.69) is 5.32 Å². The average Bonchev–Trinajstić information content (AvgIpc) is 2.95. The number of esters is 1. The van der Waals surface area contributed by atoms with Gasteiger partial charge in [0.2, 0.25) is 5.91 Å². The molecule has 1 aliphatic heterocycles. The van der Waals surface area contributed by atoms with Crippen LogP contribution >= 0.6 is 0 Å². The fourth-order valence-corrected chi connectivity index (χ4v) is 2.76. The standard InChI is InChI=1S/C19H19NO4/c1-12-10-16-17(20-13(2)21)9-8-15(18(16)24-12)19(22)23-11-14-6-4-3-5-7-14/h3-9,12H,10-11H2,1-2H3,(H,20,21)/t12-/m1/s1. The Morgan fingerprint density at radius 3 is 2.67 bits per heavy atom. The van der Waals surface area contributed by atoms with Crippen LogP contribution in [0.1, 0.15) is 35.3 Å². The molecule has 5 nitrogen and oxygen atoms in total. The fourth-order valence-electron chi connectivity index (χ4n) is 2.76. The summed E-state index contributed by atoms with van der Waals surface area (Å²) in [4.78, 5) is 23.8. The molecule has 24 heavy (non-hydrogen) atoms. The highest BCUT2D eigenvalue weighted by Gasteiger charge is 2.28. The molecule has 0 saturated carbocycles. The Morgan fingerprint density at radius 1 is 1.21 bits per heavy atom. The lowest BCUT2D eigenvalue weighted by atomic mass is 10.0. The molecule has 1 atom stereocenters. The maximum Gasteiger partial charge on any atom is 0.342 e. The molecule has 0 fully saturated rings. The van der Waals surface area contributed by atoms with Crippen molar-refractivity contribution in [3.05, 3.63) is 59.2 Å². The summed E-state index contributed by atoms with van der Waals surface area (Å²) in [6, 6.07) is 12.9. The minimum Gasteiger partial charge on any atom is -0.489 e. The van der Waals surface area contributed by atoms with Gasteiger partial charge in [0, 0.05) is 24.6 Å². The number of fused-ring (bicyclic) bond motifs is 1. The van der Waals surface area contributed by atoms with Crippen LogP contribution in [0.3, 0.4) is 0 Å². The molecule has 0 spiro atoms. The van der Waals surface area contributed by atoms with Crippen LogP contribution in [0.2, 0.25) is 0 Å². The predicted molar refractivity (Wildman–Crippen MR) is 90.1 cm³/mol. The van der Waals surface area contributed by atoms with Crippen LogP contribution in [0.15, 0.2) is 42.5 Å². The Labute approximate surface area is 140 Å². The molecule has 1 N–H and O–H groups in total. The van der Waals surface area contributed by atoms with Gasteiger partial charge in [0.1, 0.15) is 24.0 Å². The molecule has 0 radical (unpaired) electrons. The number of nitrogens with one attached hydrogen (secondary N) is 1. The number of benzene rings is 2. The van der Waals surface area contributed by atoms with Gasteiger partial charge in [-0.05, 0) is 24.6 Å². The minimum absolute atomic E-state index is 0.0458. The summed E-state index contributed by atoms with van der Waals surface area (Å²) in [7, 11) is 0. The van der Waals surface area contributed by atoms with E-state index in [-0.39, 0.29) is 18.6 Å². The molecule has 3 rings (SSSR count). The fraction of sp³-hybridized carbons (Fsp3) is 0.263. The molecular formula is C19H19NO4. The second-order valence-corrected chi connectivity index (χ2v) is 5.84. The third-order valence-corrected chi connectivity index (χ3v) is 3.81. The highest BCUT2D eigenvalue weighted by molar-refractivity contribution is 5.96. The maximum atomic E-state index is 12.4. The molecular weight excluding hydrogens is 306 g/mol. The summed E-state index contributed by atoms with van der Waals surface area (Å²) >= 11 is 0. The van der Waals surface area contributed by atoms with Crippen molar-refractivity contribution in [1.82, 2.24) is 0 Å². The first-order valence-corrected chi connectivity index (χ1v) is 7.85. The number of ether oxygens (including phenoxy) is 2. The van der Waals surface area contributed by atoms with Gasteiger partial charge in [-0.15, -0.1) is 0 Å². The summed E-state index contributed by atoms with van der Waals surface area (Å²) in [6.45, 7) is 3.59. The van der Waals surface area contributed by atoms with Gasteiger partial charge >= 0.3 is 5.97 Å². The molecule has 2 aromatic rings. The molecule has 0 saturated heterocycles. The molecule has 0 aliphatic carbocycles. The van der Waals surface area contributed by atoms with E-state index >= 15 is 0 Å². The number of amides is 1. The van der Waals surface area contributed by atoms with E-state index in [1.54, 1.807) is 12.1 Å². The normalized spacial score (nSPS) is 15.3. The zero-order valence-corrected chi connectivity index (χ0v) is 13.7. The highest BCUT2D eigenvalue weighted by atomic mass is 16.5. The van der Waals surface area contributed by atoms with Crippen LogP contribution in [0.4, 0.5) is 5.69 Å². The predicted octanol–water partition coefficient (Wildman–Crippen LogP) is 3.33. The van der Waals surface area contributed by atoms with Crippen LogP contribution in [0, 0.1) is 0 Å². The van der Waals surface area contributed by atoms with Crippen molar-refractivity contribution in [2.75, 3.05) is 5.32 Å². The molecule has 2 aromatic carbocycles. The zero-order chi connectivity index (χ0) is 17.1. The van der Waals surface area contributed by atoms with Crippen LogP contribution in [-0.2, 0) is 22.6 Å². The van der Waals surface area contributed by atoms with Crippen molar-refractivity contribution in [3.63, 3.8) is 0 Å². The van der Waals surface area contributed by atoms with E-state index in [0.717, 1.165) is 11.1 Å². The third kappa shape index (κ3) is 3.40. The SMILES string of the molecule is CC(=O)Nc1ccc(C(=O)OCc2ccccc2)c2c1C[C@@H](C)O2. The van der Waals surface area contributed by atoms with E-state index in [4.69, 9.17) is 9.47 Å². The van der Waals surface area contributed by atoms with Gasteiger partial charge < -0.3 is 14.8 Å². The number of hydrogen-bond acceptors (Lipinski definition) is 4. The van der Waals surface area contributed by atoms with E-state index in [1.807, 2.05) is 37.3 Å². The van der Waals surface area contributed by atoms with Crippen LogP contribution in [0.25, 0.3) is 0 Å². The lowest BCUT2D eigenvalue weighted by molar-refractivity contribution is -0.114. The summed E-state index contributed by atoms with van der Waals surface area (Å²) in [5.74, 6) is -0.0819. The van der Waals surface area contributed by atoms with Crippen LogP contribution in [0.5, 0.6) is 5.75 Å². The number of anilines is 1. The van der Waals surface area contributed by atoms with Gasteiger partial charge in [-0.3, -0.25) is 4.79 Å². The molecule has 5 heteroatoms. The first-order chi connectivity index (χ1) is 11.5. The average molecular weight is 325 g/mol. The first kappa shape index (κ1) is 16.1. The molecule has 1 amide bonds. The van der Waals surface area contributed by atoms with Crippen molar-refractivity contribution in [2.45, 2.75) is 33.0 Å². The highest BCUT2D eigenvalue weighted by Crippen LogP contribution is 2.38. The monoisotopic (exact) mass is 325 g/mol. The van der Waals surface area contributed by atoms with E-state index < -0.39 is 5.97 Å². The first-order valence-electron chi connectivity index (χ1n) is 7.85. The molecule has 0 unspecified atom stereocenters. The maximum absolute atomic E-state index is 12.4. The lowest BCUT2D eigenvalue weighted by Gasteiger charge is -2.12. The smallest absolute Gasteiger partial charge is 0.342 e. The summed E-state index contributed by atoms with van der Waals surface area (Å²) in [5, 5.41) is 2.78. The van der Waals surface area contributed by atoms with Crippen molar-refractivity contribution < 1.29 is 19.1 Å². The Balaban J connectivity index is 1.82. The largest absolute Gasteiger partial charge is 0.489 e. The van der Waals surface area contributed by atoms with E-state index in [0.29, 0.717) is 23.4 Å². The van der Waals surface area contributed by atoms with Gasteiger partial charge in [-0.25, -0.2) is 4.79 Å². The number of carbonyl (C=O) groups is 2. The number of hydrogen-bond donors (Lipinski definition) is 1. The number of rotatable bonds is 4. The summed E-state index contributed by atoms with van der Waals surface area (Å²) in [6.07, 6.45) is 0.598. The van der Waals surface area contributed by atoms with Crippen LogP contribution < -0.4 is 10.1 Å². The van der Waals surface area contributed by atoms with E-state index in [1.165, 1.54) is 6.92 Å². The van der Waals surface area contributed by atoms with Gasteiger partial charge in [0.05, 0.1) is 0 Å². The van der Waals surface area contributed by atoms with E-state index in [9.17, 15) is 9.59 Å². The Hall–Kier alpha value is -2.82. The summed E-state index contributed by atoms with van der Waals surface area (Å²) in [5.41, 5.74) is 2.83. The van der Waals surface area contributed by atoms with Crippen molar-refractivity contribution >= 4 is 17.6 Å². The van der Waals surface area contributed by atoms with Crippen molar-refractivity contribution in [3.8, 4) is 5.75 Å². The van der Waals surface area contributed by atoms with Crippen LogP contribution in [-0.4, -0.2) is 18.0 Å². The number of carbonyl (C=O) groups excluding carboxylic acids is 2. The van der Waals surface area contributed by atoms with Gasteiger partial charge in [0.15, 0.2) is 0 Å². The van der Waals surface area contributed by atoms with Gasteiger partial charge in [-0.1, -0.05) is 30.3 Å². The molecule has 124 valence electrons. The second kappa shape index (κ2) is 6.74. The van der Waals surface area contributed by atoms with Crippen molar-refractivity contribution in [1.29, 1.82) is 0 Å². The minimum atomic E-state index is -0.432. The Bertz CT molecular complexity index is 770. The van der Waals surface area contributed by atoms with Crippen molar-refractivity contribution in [2.24, 2.45) is 0 Å². The third-order valence-electron chi connectivity index (χ3n) is 3.81. The van der Waals surface area contributed by atoms with Gasteiger partial charge in [-0.2, -0.15) is 0 Å². The Kier molecular flexibility index (Phi) is 4.51. The molecule has 0 bridgehead atoms. The lowest BCUT2D eigenvalue weighted by Crippen LogP contribution is -2.10. The quantitative estimate of drug-likeness (QED) is 0.876. The Morgan fingerprint density at radius 2 is 1.96 bits per heavy atom. The summed E-state index contributed by atoms with van der Waals surface area (Å²) < 4.78 is 11.2. The van der Waals surface area contributed by atoms with Gasteiger partial charge in [0.25, 0.3) is 0 Å². The topological polar surface area (TPSA) is 64.6 Å². The zero-order valence-electron chi connectivity index (χ0n) is 13.7. The molecule has 0 aromatic heterocycles. The molecule has 1 heterocycles. The second-order valence-electron chi connectivity index (χ2n) is 5.84.